The topological polar surface area (TPSA) is 229 Å². The van der Waals surface area contributed by atoms with Crippen molar-refractivity contribution in [2.75, 3.05) is 66.1 Å². The van der Waals surface area contributed by atoms with Crippen molar-refractivity contribution >= 4 is 47.4 Å². The molecule has 14 bridgehead atoms. The maximum absolute atomic E-state index is 11.6. The number of cyclic esters (lactones) is 3. The number of carbonyl (C=O) groups excluding carboxylic acids is 8. The van der Waals surface area contributed by atoms with Crippen LogP contribution in [0, 0.1) is 71.0 Å². The van der Waals surface area contributed by atoms with Gasteiger partial charge >= 0.3 is 35.8 Å². The minimum absolute atomic E-state index is 0.0255. The molecule has 117 heavy (non-hydrogen) atoms. The summed E-state index contributed by atoms with van der Waals surface area (Å²) in [5.41, 5.74) is 0. The molecule has 0 aromatic heterocycles. The summed E-state index contributed by atoms with van der Waals surface area (Å²) in [4.78, 5) is 85.6. The van der Waals surface area contributed by atoms with Crippen LogP contribution in [0.2, 0.25) is 0 Å². The highest BCUT2D eigenvalue weighted by molar-refractivity contribution is 5.85. The third-order valence-electron chi connectivity index (χ3n) is 22.6. The average Bonchev–Trinajstić information content (AvgIpc) is 1.65. The summed E-state index contributed by atoms with van der Waals surface area (Å²) < 4.78 is 49.8. The third-order valence-corrected chi connectivity index (χ3v) is 22.6. The molecular weight excluding hydrogens is 1480 g/mol. The number of ether oxygens (including phenoxy) is 10. The molecule has 0 aromatic carbocycles. The maximum atomic E-state index is 11.6. The number of fused-ring (bicyclic) bond motifs is 9. The van der Waals surface area contributed by atoms with Crippen LogP contribution in [0.5, 0.6) is 0 Å². The molecule has 10 heterocycles. The van der Waals surface area contributed by atoms with Gasteiger partial charge in [0, 0.05) is 95.6 Å². The molecule has 0 radical (unpaired) electrons. The van der Waals surface area contributed by atoms with Crippen molar-refractivity contribution < 1.29 is 85.7 Å². The van der Waals surface area contributed by atoms with E-state index in [9.17, 15) is 38.4 Å². The molecule has 10 saturated heterocycles. The van der Waals surface area contributed by atoms with Crippen LogP contribution in [0.3, 0.4) is 0 Å². The van der Waals surface area contributed by atoms with Gasteiger partial charge in [0.15, 0.2) is 0 Å². The fourth-order valence-electron chi connectivity index (χ4n) is 17.6. The quantitative estimate of drug-likeness (QED) is 0.162. The first-order chi connectivity index (χ1) is 57.4. The van der Waals surface area contributed by atoms with E-state index in [0.717, 1.165) is 172 Å². The number of rotatable bonds is 0. The molecule has 21 rings (SSSR count). The van der Waals surface area contributed by atoms with Gasteiger partial charge in [-0.05, 0) is 248 Å². The van der Waals surface area contributed by atoms with Crippen molar-refractivity contribution in [2.45, 2.75) is 454 Å². The van der Waals surface area contributed by atoms with E-state index in [1.54, 1.807) is 0 Å². The Bertz CT molecular complexity index is 2180. The smallest absolute Gasteiger partial charge is 0.309 e. The number of carbonyl (C=O) groups is 8. The first kappa shape index (κ1) is 119. The number of esters is 6. The Kier molecular flexibility index (Phi) is 84.6. The molecule has 11 saturated carbocycles. The van der Waals surface area contributed by atoms with E-state index in [-0.39, 0.29) is 53.8 Å². The molecule has 0 N–H and O–H groups in total. The van der Waals surface area contributed by atoms with Crippen LogP contribution >= 0.6 is 0 Å². The maximum Gasteiger partial charge on any atom is 0.309 e. The Morgan fingerprint density at radius 3 is 0.957 bits per heavy atom. The van der Waals surface area contributed by atoms with Crippen molar-refractivity contribution in [3.8, 4) is 0 Å². The first-order valence-corrected chi connectivity index (χ1v) is 49.9. The van der Waals surface area contributed by atoms with Crippen LogP contribution in [-0.2, 0) is 85.7 Å². The predicted octanol–water partition coefficient (Wildman–Crippen LogP) is 25.7. The molecule has 0 amide bonds. The number of ketones is 2. The Morgan fingerprint density at radius 2 is 0.624 bits per heavy atom. The van der Waals surface area contributed by atoms with E-state index in [4.69, 9.17) is 37.9 Å². The summed E-state index contributed by atoms with van der Waals surface area (Å²) in [7, 11) is 0. The van der Waals surface area contributed by atoms with Gasteiger partial charge in [0.05, 0.1) is 43.7 Å². The summed E-state index contributed by atoms with van der Waals surface area (Å²) in [6.45, 7) is 57.0. The van der Waals surface area contributed by atoms with E-state index in [0.29, 0.717) is 98.6 Å². The highest BCUT2D eigenvalue weighted by atomic mass is 16.6. The molecule has 10 aliphatic heterocycles. The summed E-state index contributed by atoms with van der Waals surface area (Å²) in [6.07, 6.45) is 49.1. The number of hydrogen-bond acceptors (Lipinski definition) is 18. The third kappa shape index (κ3) is 52.3. The van der Waals surface area contributed by atoms with Gasteiger partial charge in [0.1, 0.15) is 29.9 Å². The van der Waals surface area contributed by atoms with Crippen molar-refractivity contribution in [1.82, 2.24) is 0 Å². The summed E-state index contributed by atoms with van der Waals surface area (Å²) in [6, 6.07) is 0. The summed E-state index contributed by atoms with van der Waals surface area (Å²) in [5, 5.41) is 0. The van der Waals surface area contributed by atoms with Gasteiger partial charge < -0.3 is 47.4 Å². The molecule has 21 fully saturated rings. The first-order valence-electron chi connectivity index (χ1n) is 49.9. The lowest BCUT2D eigenvalue weighted by Crippen LogP contribution is -2.45. The van der Waals surface area contributed by atoms with Gasteiger partial charge in [-0.25, -0.2) is 0 Å². The van der Waals surface area contributed by atoms with Gasteiger partial charge in [-0.1, -0.05) is 185 Å². The Morgan fingerprint density at radius 1 is 0.248 bits per heavy atom. The fourth-order valence-corrected chi connectivity index (χ4v) is 17.6. The molecule has 694 valence electrons. The van der Waals surface area contributed by atoms with Gasteiger partial charge in [0.25, 0.3) is 0 Å². The van der Waals surface area contributed by atoms with Crippen molar-refractivity contribution in [3.63, 3.8) is 0 Å². The van der Waals surface area contributed by atoms with E-state index in [1.165, 1.54) is 148 Å². The molecule has 12 unspecified atom stereocenters. The van der Waals surface area contributed by atoms with Crippen molar-refractivity contribution in [2.24, 2.45) is 71.0 Å². The van der Waals surface area contributed by atoms with E-state index in [1.807, 2.05) is 166 Å². The number of Topliss-reactive ketones (excluding diaryl/α,β-unsaturated/α-hetero) is 2. The van der Waals surface area contributed by atoms with Gasteiger partial charge in [-0.15, -0.1) is 0 Å². The van der Waals surface area contributed by atoms with Crippen molar-refractivity contribution in [1.29, 1.82) is 0 Å². The van der Waals surface area contributed by atoms with Crippen molar-refractivity contribution in [3.05, 3.63) is 0 Å². The Labute approximate surface area is 720 Å². The monoisotopic (exact) mass is 1670 g/mol. The fraction of sp³-hybridized carbons (Fsp3) is 0.919. The highest BCUT2D eigenvalue weighted by Gasteiger charge is 2.56. The van der Waals surface area contributed by atoms with E-state index >= 15 is 0 Å². The second kappa shape index (κ2) is 82.9. The minimum atomic E-state index is -0.0463. The zero-order valence-electron chi connectivity index (χ0n) is 80.6. The molecule has 21 aliphatic rings. The Balaban J connectivity index is -0.000000584. The predicted molar refractivity (Wildman–Crippen MR) is 482 cm³/mol. The van der Waals surface area contributed by atoms with Gasteiger partial charge in [0.2, 0.25) is 0 Å². The summed E-state index contributed by atoms with van der Waals surface area (Å²) >= 11 is 0. The van der Waals surface area contributed by atoms with Crippen LogP contribution in [0.25, 0.3) is 0 Å². The number of hydrogen-bond donors (Lipinski definition) is 0. The Hall–Kier alpha value is -4.00. The molecule has 0 aromatic rings. The van der Waals surface area contributed by atoms with Crippen LogP contribution in [0.15, 0.2) is 0 Å². The second-order valence-corrected chi connectivity index (χ2v) is 30.1. The lowest BCUT2D eigenvalue weighted by Gasteiger charge is -2.48. The molecule has 0 spiro atoms. The van der Waals surface area contributed by atoms with Crippen LogP contribution < -0.4 is 0 Å². The normalized spacial score (nSPS) is 30.1. The minimum Gasteiger partial charge on any atom is -0.466 e. The van der Waals surface area contributed by atoms with Crippen LogP contribution in [0.4, 0.5) is 0 Å². The lowest BCUT2D eigenvalue weighted by atomic mass is 9.56. The average molecular weight is 1670 g/mol. The highest BCUT2D eigenvalue weighted by Crippen LogP contribution is 2.54. The molecule has 18 heteroatoms. The van der Waals surface area contributed by atoms with Crippen LogP contribution in [0.1, 0.15) is 429 Å². The molecular formula is C99H190O18. The standard InChI is InChI=1S/C10H14O.C8H10O2.C7H10O2.C7H10O.C7H12O.C6H8O2.C6H10O2.C6H12O.C5H8O2.C5H10O.C4H6O2.C4H8O.12C2H6/c11-10-8-2-6-1-7(4-8)5-9(10)3-6;9-8-6-2-4-1-5(6)7(3-4)10-8;8-7-5-2-1-3-6(4-5)9-7;8-7-4-5-1-2-6(7)3-5;1-2-6-4-7(3-1)8-5-6;7-6-4-1-2-5(3-4)8-6;7-6-4-2-1-3-5-8-6;1-2-4-6-7-5-3-1;6-5-3-1-2-4-7-5;1-2-4-6-5-3-1;5-4-2-1-3-6-4;1-2-4-5-3-1;12*1-2/h6-9H,1-5H2;4-7H,1-3H2;5-6H,1-4H2;5-6H,1-4H2;6-7H,1-5H2;4-5H,1-3H2;1-5H2;1-6H2;1-4H2;1-5H2;1-3H2;1-4H2;12*1-2H3. The zero-order chi connectivity index (χ0) is 89.0. The van der Waals surface area contributed by atoms with E-state index in [2.05, 4.69) is 9.47 Å². The van der Waals surface area contributed by atoms with Crippen LogP contribution in [-0.4, -0.2) is 138 Å². The molecule has 11 aliphatic carbocycles. The lowest BCUT2D eigenvalue weighted by molar-refractivity contribution is -0.148. The largest absolute Gasteiger partial charge is 0.466 e. The second-order valence-electron chi connectivity index (χ2n) is 30.1. The molecule has 12 atom stereocenters. The van der Waals surface area contributed by atoms with Gasteiger partial charge in [-0.2, -0.15) is 0 Å². The zero-order valence-corrected chi connectivity index (χ0v) is 80.6. The molecule has 18 nitrogen and oxygen atoms in total. The SMILES string of the molecule is C1CC2COC(C1)C2.C1CCCOCC1.C1CCOC1.C1CCOCC1.CC.CC.CC.CC.CC.CC.CC.CC.CC.CC.CC.CC.O=C1C2CC3CC(C2)CC1C3.O=C1CC2CCC1C2.O=C1CCCCCO1.O=C1CCCCO1.O=C1CCCO1.O=C1OC2CC3CC1C2C3.O=C1OC2CCC1C2.O=C1OC2CCCC1C2. The summed E-state index contributed by atoms with van der Waals surface area (Å²) in [5.74, 6) is 8.68. The van der Waals surface area contributed by atoms with Gasteiger partial charge in [-0.3, -0.25) is 38.4 Å². The van der Waals surface area contributed by atoms with E-state index < -0.39 is 0 Å².